The highest BCUT2D eigenvalue weighted by molar-refractivity contribution is 5.92. The number of nitrogens with one attached hydrogen (secondary N) is 1. The van der Waals surface area contributed by atoms with E-state index in [9.17, 15) is 4.79 Å². The van der Waals surface area contributed by atoms with Gasteiger partial charge in [0.25, 0.3) is 5.91 Å². The molecule has 2 rings (SSSR count). The first-order valence-electron chi connectivity index (χ1n) is 5.71. The van der Waals surface area contributed by atoms with Crippen molar-refractivity contribution < 1.29 is 4.79 Å². The average Bonchev–Trinajstić information content (AvgIpc) is 2.68. The number of rotatable bonds is 2. The quantitative estimate of drug-likeness (QED) is 0.761. The van der Waals surface area contributed by atoms with E-state index in [-0.39, 0.29) is 18.0 Å². The summed E-state index contributed by atoms with van der Waals surface area (Å²) >= 11 is 0. The number of amides is 1. The Morgan fingerprint density at radius 1 is 1.56 bits per heavy atom. The number of nitrogens with zero attached hydrogens (tertiary/aromatic N) is 2. The largest absolute Gasteiger partial charge is 0.346 e. The van der Waals surface area contributed by atoms with Crippen LogP contribution in [0.15, 0.2) is 12.5 Å². The van der Waals surface area contributed by atoms with Crippen LogP contribution in [0.25, 0.3) is 0 Å². The highest BCUT2D eigenvalue weighted by atomic mass is 16.2. The summed E-state index contributed by atoms with van der Waals surface area (Å²) < 4.78 is 1.76. The monoisotopic (exact) mass is 222 g/mol. The zero-order valence-electron chi connectivity index (χ0n) is 9.52. The van der Waals surface area contributed by atoms with Crippen molar-refractivity contribution >= 4 is 5.91 Å². The van der Waals surface area contributed by atoms with Crippen LogP contribution in [0.3, 0.4) is 0 Å². The lowest BCUT2D eigenvalue weighted by Gasteiger charge is -2.28. The standard InChI is InChI=1S/C11H18N4O/c1-15-6-10(13-7-15)11(16)14-9-5-3-2-4-8(9)12/h6-9H,2-5,12H2,1H3,(H,14,16)/t8-,9-/m1/s1. The van der Waals surface area contributed by atoms with Crippen LogP contribution in [0.2, 0.25) is 0 Å². The van der Waals surface area contributed by atoms with Crippen molar-refractivity contribution in [2.75, 3.05) is 0 Å². The van der Waals surface area contributed by atoms with E-state index >= 15 is 0 Å². The fraction of sp³-hybridized carbons (Fsp3) is 0.636. The van der Waals surface area contributed by atoms with Crippen LogP contribution < -0.4 is 11.1 Å². The third kappa shape index (κ3) is 2.41. The number of aryl methyl sites for hydroxylation is 1. The van der Waals surface area contributed by atoms with Crippen LogP contribution in [0.4, 0.5) is 0 Å². The van der Waals surface area contributed by atoms with Gasteiger partial charge in [-0.25, -0.2) is 4.98 Å². The first-order valence-corrected chi connectivity index (χ1v) is 5.71. The van der Waals surface area contributed by atoms with Gasteiger partial charge in [0, 0.05) is 25.3 Å². The number of imidazole rings is 1. The van der Waals surface area contributed by atoms with Crippen LogP contribution in [-0.4, -0.2) is 27.5 Å². The molecule has 0 aromatic carbocycles. The Balaban J connectivity index is 1.96. The molecule has 0 aliphatic heterocycles. The van der Waals surface area contributed by atoms with Gasteiger partial charge in [-0.3, -0.25) is 4.79 Å². The second-order valence-electron chi connectivity index (χ2n) is 4.45. The summed E-state index contributed by atoms with van der Waals surface area (Å²) in [6.07, 6.45) is 7.60. The molecule has 2 atom stereocenters. The normalized spacial score (nSPS) is 25.4. The van der Waals surface area contributed by atoms with Crippen molar-refractivity contribution in [2.45, 2.75) is 37.8 Å². The number of hydrogen-bond donors (Lipinski definition) is 2. The summed E-state index contributed by atoms with van der Waals surface area (Å²) in [5.41, 5.74) is 6.43. The summed E-state index contributed by atoms with van der Waals surface area (Å²) in [6.45, 7) is 0. The lowest BCUT2D eigenvalue weighted by Crippen LogP contribution is -2.49. The molecule has 1 fully saturated rings. The zero-order chi connectivity index (χ0) is 11.5. The Bertz CT molecular complexity index is 374. The number of aromatic nitrogens is 2. The molecule has 16 heavy (non-hydrogen) atoms. The Kier molecular flexibility index (Phi) is 3.24. The Morgan fingerprint density at radius 2 is 2.31 bits per heavy atom. The molecule has 5 heteroatoms. The molecule has 1 aliphatic carbocycles. The van der Waals surface area contributed by atoms with Crippen LogP contribution in [0.1, 0.15) is 36.2 Å². The summed E-state index contributed by atoms with van der Waals surface area (Å²) in [4.78, 5) is 15.8. The molecule has 1 amide bonds. The van der Waals surface area contributed by atoms with E-state index in [0.29, 0.717) is 5.69 Å². The van der Waals surface area contributed by atoms with E-state index in [2.05, 4.69) is 10.3 Å². The van der Waals surface area contributed by atoms with Crippen molar-refractivity contribution in [3.05, 3.63) is 18.2 Å². The van der Waals surface area contributed by atoms with Gasteiger partial charge in [-0.15, -0.1) is 0 Å². The molecule has 1 aliphatic rings. The number of hydrogen-bond acceptors (Lipinski definition) is 3. The molecular formula is C11H18N4O. The second kappa shape index (κ2) is 4.65. The minimum absolute atomic E-state index is 0.0846. The number of carbonyl (C=O) groups is 1. The average molecular weight is 222 g/mol. The smallest absolute Gasteiger partial charge is 0.271 e. The number of carbonyl (C=O) groups excluding carboxylic acids is 1. The van der Waals surface area contributed by atoms with E-state index in [4.69, 9.17) is 5.73 Å². The first-order chi connectivity index (χ1) is 7.66. The van der Waals surface area contributed by atoms with Crippen LogP contribution in [0, 0.1) is 0 Å². The third-order valence-corrected chi connectivity index (χ3v) is 3.07. The molecule has 0 spiro atoms. The van der Waals surface area contributed by atoms with Gasteiger partial charge in [0.2, 0.25) is 0 Å². The van der Waals surface area contributed by atoms with Crippen molar-refractivity contribution in [3.63, 3.8) is 0 Å². The molecule has 0 saturated heterocycles. The van der Waals surface area contributed by atoms with Crippen molar-refractivity contribution in [1.82, 2.24) is 14.9 Å². The fourth-order valence-electron chi connectivity index (χ4n) is 2.11. The predicted molar refractivity (Wildman–Crippen MR) is 60.9 cm³/mol. The van der Waals surface area contributed by atoms with E-state index in [0.717, 1.165) is 25.7 Å². The van der Waals surface area contributed by atoms with Gasteiger partial charge in [-0.2, -0.15) is 0 Å². The van der Waals surface area contributed by atoms with Gasteiger partial charge in [0.15, 0.2) is 0 Å². The number of nitrogens with two attached hydrogens (primary N) is 1. The maximum absolute atomic E-state index is 11.8. The highest BCUT2D eigenvalue weighted by Crippen LogP contribution is 2.17. The molecule has 3 N–H and O–H groups in total. The summed E-state index contributed by atoms with van der Waals surface area (Å²) in [6, 6.07) is 0.185. The SMILES string of the molecule is Cn1cnc(C(=O)N[C@@H]2CCCC[C@H]2N)c1. The van der Waals surface area contributed by atoms with Crippen molar-refractivity contribution in [3.8, 4) is 0 Å². The first kappa shape index (κ1) is 11.1. The van der Waals surface area contributed by atoms with Gasteiger partial charge < -0.3 is 15.6 Å². The van der Waals surface area contributed by atoms with E-state index < -0.39 is 0 Å². The molecule has 0 radical (unpaired) electrons. The van der Waals surface area contributed by atoms with Gasteiger partial charge in [0.1, 0.15) is 5.69 Å². The molecule has 0 unspecified atom stereocenters. The van der Waals surface area contributed by atoms with Gasteiger partial charge in [-0.05, 0) is 12.8 Å². The van der Waals surface area contributed by atoms with Crippen LogP contribution in [0.5, 0.6) is 0 Å². The predicted octanol–water partition coefficient (Wildman–Crippen LogP) is 0.420. The molecular weight excluding hydrogens is 204 g/mol. The minimum Gasteiger partial charge on any atom is -0.346 e. The fourth-order valence-corrected chi connectivity index (χ4v) is 2.11. The molecule has 5 nitrogen and oxygen atoms in total. The molecule has 1 heterocycles. The van der Waals surface area contributed by atoms with Crippen LogP contribution >= 0.6 is 0 Å². The lowest BCUT2D eigenvalue weighted by molar-refractivity contribution is 0.0916. The Hall–Kier alpha value is -1.36. The van der Waals surface area contributed by atoms with Crippen molar-refractivity contribution in [2.24, 2.45) is 12.8 Å². The molecule has 88 valence electrons. The lowest BCUT2D eigenvalue weighted by atomic mass is 9.91. The van der Waals surface area contributed by atoms with E-state index in [1.807, 2.05) is 7.05 Å². The Labute approximate surface area is 95.0 Å². The summed E-state index contributed by atoms with van der Waals surface area (Å²) in [7, 11) is 1.84. The summed E-state index contributed by atoms with van der Waals surface area (Å²) in [5, 5.41) is 2.96. The minimum atomic E-state index is -0.122. The van der Waals surface area contributed by atoms with E-state index in [1.165, 1.54) is 0 Å². The molecule has 1 aromatic heterocycles. The maximum Gasteiger partial charge on any atom is 0.271 e. The zero-order valence-corrected chi connectivity index (χ0v) is 9.52. The maximum atomic E-state index is 11.8. The summed E-state index contributed by atoms with van der Waals surface area (Å²) in [5.74, 6) is -0.122. The van der Waals surface area contributed by atoms with Crippen LogP contribution in [-0.2, 0) is 7.05 Å². The van der Waals surface area contributed by atoms with Gasteiger partial charge in [-0.1, -0.05) is 12.8 Å². The topological polar surface area (TPSA) is 72.9 Å². The van der Waals surface area contributed by atoms with E-state index in [1.54, 1.807) is 17.1 Å². The van der Waals surface area contributed by atoms with Gasteiger partial charge >= 0.3 is 0 Å². The van der Waals surface area contributed by atoms with Gasteiger partial charge in [0.05, 0.1) is 6.33 Å². The van der Waals surface area contributed by atoms with Crippen molar-refractivity contribution in [1.29, 1.82) is 0 Å². The second-order valence-corrected chi connectivity index (χ2v) is 4.45. The third-order valence-electron chi connectivity index (χ3n) is 3.07. The molecule has 1 saturated carbocycles. The molecule has 1 aromatic rings. The molecule has 0 bridgehead atoms. The highest BCUT2D eigenvalue weighted by Gasteiger charge is 2.24. The Morgan fingerprint density at radius 3 is 2.94 bits per heavy atom.